The smallest absolute Gasteiger partial charge is 0.326 e. The number of hydrogen-bond donors (Lipinski definition) is 10. The predicted octanol–water partition coefficient (Wildman–Crippen LogP) is -0.500. The molecule has 79 heavy (non-hydrogen) atoms. The third-order valence-electron chi connectivity index (χ3n) is 12.2. The van der Waals surface area contributed by atoms with E-state index in [1.54, 1.807) is 55.8 Å². The maximum Gasteiger partial charge on any atom is 0.326 e. The summed E-state index contributed by atoms with van der Waals surface area (Å²) in [7, 11) is 0. The second-order valence-corrected chi connectivity index (χ2v) is 19.4. The molecule has 0 aliphatic carbocycles. The summed E-state index contributed by atoms with van der Waals surface area (Å²) in [5.74, 6) is -14.6. The molecule has 1 aromatic heterocycles. The number of hydrogen-bond acceptors (Lipinski definition) is 13. The number of carbonyl (C=O) groups is 12. The van der Waals surface area contributed by atoms with Gasteiger partial charge in [0, 0.05) is 67.6 Å². The molecule has 1 aliphatic heterocycles. The number of aliphatic carboxylic acids is 2. The van der Waals surface area contributed by atoms with Crippen LogP contribution in [-0.4, -0.2) is 157 Å². The van der Waals surface area contributed by atoms with Crippen LogP contribution >= 0.6 is 0 Å². The molecule has 0 saturated carbocycles. The number of imide groups is 1. The fourth-order valence-electron chi connectivity index (χ4n) is 8.27. The molecule has 10 amide bonds. The van der Waals surface area contributed by atoms with Crippen molar-refractivity contribution in [3.8, 4) is 11.1 Å². The minimum Gasteiger partial charge on any atom is -0.481 e. The molecule has 4 rings (SSSR count). The summed E-state index contributed by atoms with van der Waals surface area (Å²) in [6.07, 6.45) is 0.285. The molecule has 27 heteroatoms. The summed E-state index contributed by atoms with van der Waals surface area (Å²) < 4.78 is 39.8. The molecule has 0 unspecified atom stereocenters. The van der Waals surface area contributed by atoms with Crippen LogP contribution in [0.3, 0.4) is 0 Å². The normalized spacial score (nSPS) is 14.6. The van der Waals surface area contributed by atoms with E-state index < -0.39 is 183 Å². The zero-order valence-corrected chi connectivity index (χ0v) is 43.8. The number of halogens is 2. The van der Waals surface area contributed by atoms with E-state index in [1.807, 2.05) is 12.1 Å². The third kappa shape index (κ3) is 18.7. The van der Waals surface area contributed by atoms with Crippen LogP contribution in [0, 0.1) is 17.0 Å². The van der Waals surface area contributed by atoms with E-state index in [9.17, 15) is 72.1 Å². The van der Waals surface area contributed by atoms with Gasteiger partial charge >= 0.3 is 11.9 Å². The summed E-state index contributed by atoms with van der Waals surface area (Å²) in [5.41, 5.74) is 5.71. The molecule has 426 valence electrons. The molecule has 0 saturated heterocycles. The first kappa shape index (κ1) is 61.0. The van der Waals surface area contributed by atoms with Crippen LogP contribution < -0.4 is 37.6 Å². The Hall–Kier alpha value is -8.88. The highest BCUT2D eigenvalue weighted by molar-refractivity contribution is 6.14. The highest BCUT2D eigenvalue weighted by Crippen LogP contribution is 2.41. The molecule has 2 aromatic carbocycles. The number of rotatable bonds is 29. The summed E-state index contributed by atoms with van der Waals surface area (Å²) in [5, 5.41) is 40.6. The molecule has 3 aromatic rings. The topological polar surface area (TPSA) is 375 Å². The molecule has 0 spiro atoms. The minimum absolute atomic E-state index is 0.113. The lowest BCUT2D eigenvalue weighted by atomic mass is 9.82. The zero-order valence-electron chi connectivity index (χ0n) is 44.8. The van der Waals surface area contributed by atoms with Gasteiger partial charge in [-0.05, 0) is 61.9 Å². The largest absolute Gasteiger partial charge is 0.481 e. The number of carbonyl (C=O) groups excluding carboxylic acids is 10. The summed E-state index contributed by atoms with van der Waals surface area (Å²) >= 11 is 0. The van der Waals surface area contributed by atoms with Crippen molar-refractivity contribution in [1.82, 2.24) is 46.3 Å². The number of carboxylic acids is 2. The predicted molar refractivity (Wildman–Crippen MR) is 274 cm³/mol. The minimum atomic E-state index is -1.89. The number of benzene rings is 2. The average molecular weight is 1110 g/mol. The van der Waals surface area contributed by atoms with Gasteiger partial charge in [0.25, 0.3) is 11.8 Å². The summed E-state index contributed by atoms with van der Waals surface area (Å²) in [6, 6.07) is 3.91. The SMILES string of the molecule is [2H]N(C(=O)CN1C(=O)C=CC1=O)[C@@H](C)C(=O)N[C@@H](C)C(=O)N[C@@H](CC(N)=O)C(=O)N[C@@H](CCN(C(=O)CO)[C@@H](c1cc(-c2cc(F)ccc2F)cn1Cc1ccccc1)C(C)(C)C)C(=O)NCCC(=O)N[C@H](CCC(=O)O)C(=O)O. The Labute approximate surface area is 453 Å². The number of nitrogens with zero attached hydrogens (tertiary/aromatic N) is 3. The maximum absolute atomic E-state index is 15.4. The van der Waals surface area contributed by atoms with Crippen molar-refractivity contribution in [2.45, 2.75) is 110 Å². The number of aromatic nitrogens is 1. The van der Waals surface area contributed by atoms with Crippen molar-refractivity contribution in [1.29, 1.82) is 0 Å². The summed E-state index contributed by atoms with van der Waals surface area (Å²) in [6.45, 7) is 4.64. The molecule has 11 N–H and O–H groups in total. The Morgan fingerprint density at radius 3 is 1.99 bits per heavy atom. The van der Waals surface area contributed by atoms with E-state index in [4.69, 9.17) is 12.3 Å². The van der Waals surface area contributed by atoms with Crippen LogP contribution in [-0.2, 0) is 64.1 Å². The molecule has 1 aliphatic rings. The number of nitrogens with one attached hydrogen (secondary N) is 6. The van der Waals surface area contributed by atoms with E-state index >= 15 is 4.39 Å². The van der Waals surface area contributed by atoms with Gasteiger partial charge in [-0.3, -0.25) is 57.6 Å². The van der Waals surface area contributed by atoms with E-state index in [2.05, 4.69) is 26.6 Å². The Morgan fingerprint density at radius 2 is 1.39 bits per heavy atom. The van der Waals surface area contributed by atoms with Gasteiger partial charge < -0.3 is 62.4 Å². The van der Waals surface area contributed by atoms with Crippen LogP contribution in [0.1, 0.15) is 84.0 Å². The van der Waals surface area contributed by atoms with Gasteiger partial charge in [0.05, 0.1) is 12.5 Å². The number of primary amides is 1. The van der Waals surface area contributed by atoms with E-state index in [0.29, 0.717) is 10.6 Å². The van der Waals surface area contributed by atoms with Crippen LogP contribution in [0.15, 0.2) is 72.9 Å². The van der Waals surface area contributed by atoms with E-state index in [1.165, 1.54) is 4.90 Å². The van der Waals surface area contributed by atoms with Crippen LogP contribution in [0.2, 0.25) is 1.41 Å². The van der Waals surface area contributed by atoms with E-state index in [0.717, 1.165) is 49.8 Å². The molecule has 0 fully saturated rings. The van der Waals surface area contributed by atoms with Gasteiger partial charge in [0.2, 0.25) is 47.3 Å². The van der Waals surface area contributed by atoms with Gasteiger partial charge in [-0.2, -0.15) is 0 Å². The quantitative estimate of drug-likeness (QED) is 0.0392. The first-order valence-electron chi connectivity index (χ1n) is 25.1. The lowest BCUT2D eigenvalue weighted by molar-refractivity contribution is -0.143. The fourth-order valence-corrected chi connectivity index (χ4v) is 8.27. The van der Waals surface area contributed by atoms with Crippen molar-refractivity contribution in [2.24, 2.45) is 11.1 Å². The summed E-state index contributed by atoms with van der Waals surface area (Å²) in [4.78, 5) is 155. The van der Waals surface area contributed by atoms with Crippen molar-refractivity contribution < 1.29 is 83.0 Å². The Morgan fingerprint density at radius 1 is 0.759 bits per heavy atom. The van der Waals surface area contributed by atoms with Gasteiger partial charge in [-0.25, -0.2) is 13.6 Å². The van der Waals surface area contributed by atoms with Gasteiger partial charge in [0.1, 0.15) is 55.0 Å². The number of amides is 10. The van der Waals surface area contributed by atoms with Crippen LogP contribution in [0.5, 0.6) is 0 Å². The van der Waals surface area contributed by atoms with Crippen molar-refractivity contribution in [3.63, 3.8) is 0 Å². The number of carboxylic acid groups (broad SMARTS) is 2. The van der Waals surface area contributed by atoms with Crippen LogP contribution in [0.4, 0.5) is 8.78 Å². The van der Waals surface area contributed by atoms with E-state index in [-0.39, 0.29) is 23.0 Å². The molecule has 25 nitrogen and oxygen atoms in total. The average Bonchev–Trinajstić information content (AvgIpc) is 4.10. The zero-order chi connectivity index (χ0) is 59.8. The van der Waals surface area contributed by atoms with Crippen molar-refractivity contribution in [3.05, 3.63) is 95.8 Å². The second kappa shape index (κ2) is 28.5. The first-order valence-corrected chi connectivity index (χ1v) is 24.7. The second-order valence-electron chi connectivity index (χ2n) is 19.4. The number of aliphatic hydroxyl groups is 1. The van der Waals surface area contributed by atoms with Gasteiger partial charge in [-0.15, -0.1) is 0 Å². The highest BCUT2D eigenvalue weighted by atomic mass is 19.1. The monoisotopic (exact) mass is 1110 g/mol. The fraction of sp³-hybridized carbons (Fsp3) is 0.423. The Bertz CT molecular complexity index is 2860. The van der Waals surface area contributed by atoms with Crippen molar-refractivity contribution in [2.75, 3.05) is 26.2 Å². The molecule has 6 atom stereocenters. The third-order valence-corrected chi connectivity index (χ3v) is 12.2. The molecule has 0 bridgehead atoms. The van der Waals surface area contributed by atoms with Crippen molar-refractivity contribution >= 4 is 71.0 Å². The molecular formula is C52H64F2N10O15. The van der Waals surface area contributed by atoms with Gasteiger partial charge in [0.15, 0.2) is 1.41 Å². The number of nitrogens with two attached hydrogens (primary N) is 1. The van der Waals surface area contributed by atoms with Gasteiger partial charge in [-0.1, -0.05) is 51.1 Å². The Balaban J connectivity index is 1.67. The highest BCUT2D eigenvalue weighted by Gasteiger charge is 2.39. The first-order chi connectivity index (χ1) is 37.5. The standard InChI is InChI=1S/C52H64F2N10O15/c1-28(57-41(68)26-64-42(69)14-15-43(64)70)47(74)58-29(2)48(75)61-37(23-39(55)66)50(77)60-35(49(76)56-19-17-40(67)59-36(51(78)79)13-16-45(72)73)18-20-63(44(71)27-65)46(52(3,4)5)38-21-31(33-22-32(53)11-12-34(33)54)25-62(38)24-30-9-7-6-8-10-30/h6-12,14-15,21-22,25,28-29,35-37,46,65H,13,16-20,23-24,26-27H2,1-5H3,(H2,55,66)(H,56,76)(H,57,68)(H,58,74)(H,59,67)(H,60,77)(H,61,75)(H,72,73)(H,78,79)/t28-,29-,35-,36+,37-,46-/m0/s1/i/hD. The lowest BCUT2D eigenvalue weighted by Crippen LogP contribution is -2.58. The lowest BCUT2D eigenvalue weighted by Gasteiger charge is -2.41. The number of aliphatic hydroxyl groups excluding tert-OH is 1. The molecular weight excluding hydrogens is 1040 g/mol. The Kier molecular flexibility index (Phi) is 22.0. The molecule has 0 radical (unpaired) electrons. The molecule has 2 heterocycles. The maximum atomic E-state index is 15.4. The van der Waals surface area contributed by atoms with Crippen LogP contribution in [0.25, 0.3) is 11.1 Å².